The third-order valence-electron chi connectivity index (χ3n) is 2.51. The predicted molar refractivity (Wildman–Crippen MR) is 71.6 cm³/mol. The molecule has 2 rings (SSSR count). The van der Waals surface area contributed by atoms with E-state index < -0.39 is 11.9 Å². The molecule has 0 saturated carbocycles. The van der Waals surface area contributed by atoms with Gasteiger partial charge >= 0.3 is 5.97 Å². The number of rotatable bonds is 4. The molecule has 0 fully saturated rings. The van der Waals surface area contributed by atoms with Gasteiger partial charge in [0.2, 0.25) is 0 Å². The Labute approximate surface area is 119 Å². The van der Waals surface area contributed by atoms with Crippen LogP contribution in [0.3, 0.4) is 0 Å². The first-order valence-electron chi connectivity index (χ1n) is 5.64. The second kappa shape index (κ2) is 6.12. The molecule has 0 aromatic carbocycles. The molecule has 0 saturated heterocycles. The van der Waals surface area contributed by atoms with E-state index in [-0.39, 0.29) is 17.7 Å². The average molecular weight is 292 g/mol. The molecule has 0 aliphatic rings. The first-order chi connectivity index (χ1) is 9.58. The number of hydrogen-bond acceptors (Lipinski definition) is 4. The van der Waals surface area contributed by atoms with Crippen molar-refractivity contribution in [3.63, 3.8) is 0 Å². The zero-order chi connectivity index (χ0) is 14.5. The fraction of sp³-hybridized carbons (Fsp3) is 0.0769. The van der Waals surface area contributed by atoms with Crippen LogP contribution >= 0.6 is 11.6 Å². The number of nitrogens with one attached hydrogen (secondary N) is 1. The van der Waals surface area contributed by atoms with Gasteiger partial charge in [0, 0.05) is 18.6 Å². The summed E-state index contributed by atoms with van der Waals surface area (Å²) in [4.78, 5) is 30.5. The third-order valence-corrected chi connectivity index (χ3v) is 2.84. The minimum Gasteiger partial charge on any atom is -0.478 e. The van der Waals surface area contributed by atoms with Crippen molar-refractivity contribution in [2.75, 3.05) is 0 Å². The van der Waals surface area contributed by atoms with E-state index in [1.807, 2.05) is 0 Å². The zero-order valence-electron chi connectivity index (χ0n) is 10.2. The lowest BCUT2D eigenvalue weighted by Crippen LogP contribution is -2.24. The standard InChI is InChI=1S/C13H10ClN3O3/c14-11-2-3-15-7-10(11)12(18)17-6-9-5-8(13(19)20)1-4-16-9/h1-5,7H,6H2,(H,17,18)(H,19,20). The SMILES string of the molecule is O=C(O)c1ccnc(CNC(=O)c2cnccc2Cl)c1. The topological polar surface area (TPSA) is 92.2 Å². The monoisotopic (exact) mass is 291 g/mol. The number of halogens is 1. The Morgan fingerprint density at radius 3 is 2.80 bits per heavy atom. The Kier molecular flexibility index (Phi) is 4.27. The van der Waals surface area contributed by atoms with Gasteiger partial charge in [-0.3, -0.25) is 14.8 Å². The summed E-state index contributed by atoms with van der Waals surface area (Å²) in [5, 5.41) is 11.8. The van der Waals surface area contributed by atoms with Crippen LogP contribution < -0.4 is 5.32 Å². The fourth-order valence-electron chi connectivity index (χ4n) is 1.52. The summed E-state index contributed by atoms with van der Waals surface area (Å²) < 4.78 is 0. The molecule has 2 aromatic heterocycles. The number of carboxylic acids is 1. The van der Waals surface area contributed by atoms with Crippen LogP contribution in [0.15, 0.2) is 36.8 Å². The van der Waals surface area contributed by atoms with E-state index >= 15 is 0 Å². The van der Waals surface area contributed by atoms with Crippen LogP contribution in [0, 0.1) is 0 Å². The first-order valence-corrected chi connectivity index (χ1v) is 6.01. The van der Waals surface area contributed by atoms with Gasteiger partial charge < -0.3 is 10.4 Å². The Bertz CT molecular complexity index is 661. The second-order valence-electron chi connectivity index (χ2n) is 3.88. The van der Waals surface area contributed by atoms with Crippen LogP contribution in [0.1, 0.15) is 26.4 Å². The summed E-state index contributed by atoms with van der Waals surface area (Å²) in [6.07, 6.45) is 4.22. The number of amides is 1. The molecule has 102 valence electrons. The number of hydrogen-bond donors (Lipinski definition) is 2. The Morgan fingerprint density at radius 2 is 2.10 bits per heavy atom. The van der Waals surface area contributed by atoms with Crippen molar-refractivity contribution in [2.45, 2.75) is 6.54 Å². The third kappa shape index (κ3) is 3.30. The number of pyridine rings is 2. The number of aromatic nitrogens is 2. The quantitative estimate of drug-likeness (QED) is 0.895. The smallest absolute Gasteiger partial charge is 0.335 e. The zero-order valence-corrected chi connectivity index (χ0v) is 11.0. The molecule has 7 heteroatoms. The summed E-state index contributed by atoms with van der Waals surface area (Å²) in [6, 6.07) is 4.29. The fourth-order valence-corrected chi connectivity index (χ4v) is 1.71. The summed E-state index contributed by atoms with van der Waals surface area (Å²) in [6.45, 7) is 0.102. The lowest BCUT2D eigenvalue weighted by Gasteiger charge is -2.06. The van der Waals surface area contributed by atoms with Crippen LogP contribution in [0.25, 0.3) is 0 Å². The lowest BCUT2D eigenvalue weighted by atomic mass is 10.2. The van der Waals surface area contributed by atoms with Crippen LogP contribution in [0.2, 0.25) is 5.02 Å². The Morgan fingerprint density at radius 1 is 1.30 bits per heavy atom. The molecule has 0 spiro atoms. The largest absolute Gasteiger partial charge is 0.478 e. The van der Waals surface area contributed by atoms with E-state index in [0.717, 1.165) is 0 Å². The summed E-state index contributed by atoms with van der Waals surface area (Å²) in [5.74, 6) is -1.44. The molecule has 20 heavy (non-hydrogen) atoms. The maximum Gasteiger partial charge on any atom is 0.335 e. The molecular weight excluding hydrogens is 282 g/mol. The number of nitrogens with zero attached hydrogens (tertiary/aromatic N) is 2. The van der Waals surface area contributed by atoms with Crippen LogP contribution in [-0.2, 0) is 6.54 Å². The molecule has 0 aliphatic heterocycles. The van der Waals surface area contributed by atoms with E-state index in [4.69, 9.17) is 16.7 Å². The number of carbonyl (C=O) groups excluding carboxylic acids is 1. The number of aromatic carboxylic acids is 1. The molecule has 0 bridgehead atoms. The molecule has 2 aromatic rings. The van der Waals surface area contributed by atoms with Gasteiger partial charge in [0.1, 0.15) is 0 Å². The van der Waals surface area contributed by atoms with Gasteiger partial charge in [-0.2, -0.15) is 0 Å². The molecule has 2 heterocycles. The van der Waals surface area contributed by atoms with Crippen molar-refractivity contribution >= 4 is 23.5 Å². The maximum absolute atomic E-state index is 11.9. The van der Waals surface area contributed by atoms with E-state index in [1.54, 1.807) is 0 Å². The van der Waals surface area contributed by atoms with Gasteiger partial charge in [0.25, 0.3) is 5.91 Å². The normalized spacial score (nSPS) is 10.1. The molecule has 2 N–H and O–H groups in total. The van der Waals surface area contributed by atoms with Crippen molar-refractivity contribution in [3.8, 4) is 0 Å². The summed E-state index contributed by atoms with van der Waals surface area (Å²) in [5.41, 5.74) is 0.811. The van der Waals surface area contributed by atoms with Crippen LogP contribution in [0.5, 0.6) is 0 Å². The molecule has 0 radical (unpaired) electrons. The highest BCUT2D eigenvalue weighted by molar-refractivity contribution is 6.33. The van der Waals surface area contributed by atoms with Gasteiger partial charge in [-0.15, -0.1) is 0 Å². The molecule has 0 atom stereocenters. The van der Waals surface area contributed by atoms with Crippen molar-refractivity contribution < 1.29 is 14.7 Å². The van der Waals surface area contributed by atoms with Gasteiger partial charge in [-0.25, -0.2) is 4.79 Å². The van der Waals surface area contributed by atoms with E-state index in [2.05, 4.69) is 15.3 Å². The molecule has 1 amide bonds. The second-order valence-corrected chi connectivity index (χ2v) is 4.29. The summed E-state index contributed by atoms with van der Waals surface area (Å²) in [7, 11) is 0. The first kappa shape index (κ1) is 14.0. The van der Waals surface area contributed by atoms with Crippen LogP contribution in [0.4, 0.5) is 0 Å². The summed E-state index contributed by atoms with van der Waals surface area (Å²) >= 11 is 5.87. The minimum absolute atomic E-state index is 0.102. The molecular formula is C13H10ClN3O3. The molecule has 0 aliphatic carbocycles. The van der Waals surface area contributed by atoms with Gasteiger partial charge in [0.15, 0.2) is 0 Å². The van der Waals surface area contributed by atoms with E-state index in [0.29, 0.717) is 10.7 Å². The predicted octanol–water partition coefficient (Wildman–Crippen LogP) is 1.76. The number of carbonyl (C=O) groups is 2. The Balaban J connectivity index is 2.06. The highest BCUT2D eigenvalue weighted by atomic mass is 35.5. The van der Waals surface area contributed by atoms with Gasteiger partial charge in [0.05, 0.1) is 28.4 Å². The minimum atomic E-state index is -1.05. The van der Waals surface area contributed by atoms with E-state index in [9.17, 15) is 9.59 Å². The van der Waals surface area contributed by atoms with Crippen LogP contribution in [-0.4, -0.2) is 27.0 Å². The van der Waals surface area contributed by atoms with Crippen molar-refractivity contribution in [1.82, 2.24) is 15.3 Å². The van der Waals surface area contributed by atoms with E-state index in [1.165, 1.54) is 36.8 Å². The average Bonchev–Trinajstić information content (AvgIpc) is 2.45. The van der Waals surface area contributed by atoms with Crippen molar-refractivity contribution in [3.05, 3.63) is 58.6 Å². The van der Waals surface area contributed by atoms with Gasteiger partial charge in [-0.05, 0) is 18.2 Å². The highest BCUT2D eigenvalue weighted by Gasteiger charge is 2.10. The number of carboxylic acid groups (broad SMARTS) is 1. The maximum atomic E-state index is 11.9. The lowest BCUT2D eigenvalue weighted by molar-refractivity contribution is 0.0696. The molecule has 0 unspecified atom stereocenters. The van der Waals surface area contributed by atoms with Gasteiger partial charge in [-0.1, -0.05) is 11.6 Å². The highest BCUT2D eigenvalue weighted by Crippen LogP contribution is 2.13. The Hall–Kier alpha value is -2.47. The molecule has 6 nitrogen and oxygen atoms in total. The van der Waals surface area contributed by atoms with Crippen molar-refractivity contribution in [2.24, 2.45) is 0 Å². The van der Waals surface area contributed by atoms with Crippen molar-refractivity contribution in [1.29, 1.82) is 0 Å².